The average molecular weight is 430 g/mol. The highest BCUT2D eigenvalue weighted by Gasteiger charge is 2.44. The number of amides is 1. The Morgan fingerprint density at radius 3 is 2.66 bits per heavy atom. The molecule has 0 radical (unpaired) electrons. The summed E-state index contributed by atoms with van der Waals surface area (Å²) in [5.74, 6) is -1.50. The summed E-state index contributed by atoms with van der Waals surface area (Å²) in [6.45, 7) is 4.02. The molecule has 0 bridgehead atoms. The fourth-order valence-corrected chi connectivity index (χ4v) is 5.30. The van der Waals surface area contributed by atoms with Gasteiger partial charge in [0, 0.05) is 40.6 Å². The minimum atomic E-state index is -1.16. The van der Waals surface area contributed by atoms with Crippen LogP contribution in [0.25, 0.3) is 0 Å². The second-order valence-corrected chi connectivity index (χ2v) is 9.66. The predicted molar refractivity (Wildman–Crippen MR) is 113 cm³/mol. The van der Waals surface area contributed by atoms with Crippen molar-refractivity contribution in [2.75, 3.05) is 4.90 Å². The number of carbonyl (C=O) groups is 3. The van der Waals surface area contributed by atoms with E-state index >= 15 is 0 Å². The third-order valence-electron chi connectivity index (χ3n) is 5.47. The molecule has 2 aliphatic rings. The van der Waals surface area contributed by atoms with E-state index in [0.717, 1.165) is 4.88 Å². The van der Waals surface area contributed by atoms with Gasteiger partial charge in [-0.25, -0.2) is 4.79 Å². The number of hydrogen-bond acceptors (Lipinski definition) is 4. The van der Waals surface area contributed by atoms with Crippen molar-refractivity contribution in [1.82, 2.24) is 0 Å². The number of carboxylic acid groups (broad SMARTS) is 1. The smallest absolute Gasteiger partial charge is 0.337 e. The summed E-state index contributed by atoms with van der Waals surface area (Å²) in [6.07, 6.45) is 1.17. The normalized spacial score (nSPS) is 21.3. The molecule has 1 N–H and O–H groups in total. The lowest BCUT2D eigenvalue weighted by molar-refractivity contribution is -0.120. The molecule has 0 fully saturated rings. The van der Waals surface area contributed by atoms with Gasteiger partial charge in [0.15, 0.2) is 5.78 Å². The molecule has 1 aromatic carbocycles. The maximum atomic E-state index is 13.2. The molecule has 2 aromatic rings. The quantitative estimate of drug-likeness (QED) is 0.721. The summed E-state index contributed by atoms with van der Waals surface area (Å²) < 4.78 is 0. The molecule has 0 saturated carbocycles. The molecular formula is C22H20ClNO4S. The zero-order valence-corrected chi connectivity index (χ0v) is 17.6. The number of halogens is 1. The number of ketones is 1. The topological polar surface area (TPSA) is 74.7 Å². The lowest BCUT2D eigenvalue weighted by atomic mass is 9.70. The van der Waals surface area contributed by atoms with Crippen LogP contribution in [0, 0.1) is 5.41 Å². The number of rotatable bonds is 3. The highest BCUT2D eigenvalue weighted by molar-refractivity contribution is 7.10. The number of nitrogens with zero attached hydrogens (tertiary/aromatic N) is 1. The van der Waals surface area contributed by atoms with Crippen molar-refractivity contribution in [1.29, 1.82) is 0 Å². The van der Waals surface area contributed by atoms with Gasteiger partial charge in [0.05, 0.1) is 10.6 Å². The summed E-state index contributed by atoms with van der Waals surface area (Å²) >= 11 is 7.56. The molecule has 1 aliphatic heterocycles. The van der Waals surface area contributed by atoms with Crippen LogP contribution >= 0.6 is 22.9 Å². The number of anilines is 1. The van der Waals surface area contributed by atoms with Crippen LogP contribution in [0.15, 0.2) is 47.0 Å². The zero-order chi connectivity index (χ0) is 20.9. The summed E-state index contributed by atoms with van der Waals surface area (Å²) in [5, 5.41) is 11.5. The zero-order valence-electron chi connectivity index (χ0n) is 16.1. The Kier molecular flexibility index (Phi) is 4.87. The minimum Gasteiger partial charge on any atom is -0.478 e. The number of benzene rings is 1. The molecule has 1 aliphatic carbocycles. The molecule has 4 rings (SSSR count). The van der Waals surface area contributed by atoms with Crippen LogP contribution < -0.4 is 4.90 Å². The molecule has 1 atom stereocenters. The van der Waals surface area contributed by atoms with E-state index in [1.807, 2.05) is 31.4 Å². The van der Waals surface area contributed by atoms with E-state index in [1.165, 1.54) is 17.0 Å². The van der Waals surface area contributed by atoms with Gasteiger partial charge in [0.1, 0.15) is 0 Å². The Labute approximate surface area is 177 Å². The van der Waals surface area contributed by atoms with Gasteiger partial charge in [-0.15, -0.1) is 11.3 Å². The highest BCUT2D eigenvalue weighted by Crippen LogP contribution is 2.49. The number of carboxylic acids is 1. The van der Waals surface area contributed by atoms with Gasteiger partial charge >= 0.3 is 5.97 Å². The molecule has 0 spiro atoms. The predicted octanol–water partition coefficient (Wildman–Crippen LogP) is 5.26. The van der Waals surface area contributed by atoms with Gasteiger partial charge in [0.2, 0.25) is 5.91 Å². The van der Waals surface area contributed by atoms with Crippen LogP contribution in [0.4, 0.5) is 5.69 Å². The summed E-state index contributed by atoms with van der Waals surface area (Å²) in [4.78, 5) is 40.5. The first-order valence-corrected chi connectivity index (χ1v) is 10.6. The van der Waals surface area contributed by atoms with Crippen LogP contribution in [0.1, 0.15) is 54.3 Å². The van der Waals surface area contributed by atoms with Gasteiger partial charge in [-0.3, -0.25) is 14.5 Å². The standard InChI is InChI=1S/C22H20ClNO4S/c1-22(2)10-16-20(17(25)11-22)14(18-4-3-7-29-18)9-19(26)24(16)12-5-6-15(23)13(8-12)21(27)28/h3-8,14H,9-11H2,1-2H3,(H,27,28). The maximum Gasteiger partial charge on any atom is 0.337 e. The third-order valence-corrected chi connectivity index (χ3v) is 6.78. The SMILES string of the molecule is CC1(C)CC(=O)C2=C(C1)N(c1ccc(Cl)c(C(=O)O)c1)C(=O)CC2c1cccs1. The van der Waals surface area contributed by atoms with Gasteiger partial charge in [-0.2, -0.15) is 0 Å². The average Bonchev–Trinajstić information content (AvgIpc) is 3.15. The van der Waals surface area contributed by atoms with Crippen LogP contribution in [0.2, 0.25) is 5.02 Å². The lowest BCUT2D eigenvalue weighted by Gasteiger charge is -2.42. The molecule has 150 valence electrons. The van der Waals surface area contributed by atoms with Crippen LogP contribution in [-0.2, 0) is 9.59 Å². The van der Waals surface area contributed by atoms with Crippen molar-refractivity contribution >= 4 is 46.3 Å². The number of allylic oxidation sites excluding steroid dienone is 2. The van der Waals surface area contributed by atoms with Gasteiger partial charge < -0.3 is 5.11 Å². The van der Waals surface area contributed by atoms with Crippen LogP contribution in [0.3, 0.4) is 0 Å². The first-order valence-electron chi connectivity index (χ1n) is 9.33. The van der Waals surface area contributed by atoms with E-state index in [1.54, 1.807) is 17.4 Å². The molecule has 2 heterocycles. The van der Waals surface area contributed by atoms with Crippen molar-refractivity contribution < 1.29 is 19.5 Å². The van der Waals surface area contributed by atoms with E-state index in [9.17, 15) is 19.5 Å². The Morgan fingerprint density at radius 1 is 1.24 bits per heavy atom. The molecule has 0 saturated heterocycles. The minimum absolute atomic E-state index is 0.0552. The fourth-order valence-electron chi connectivity index (χ4n) is 4.26. The molecule has 5 nitrogen and oxygen atoms in total. The summed E-state index contributed by atoms with van der Waals surface area (Å²) in [5.41, 5.74) is 1.44. The summed E-state index contributed by atoms with van der Waals surface area (Å²) in [7, 11) is 0. The van der Waals surface area contributed by atoms with Crippen molar-refractivity contribution in [3.8, 4) is 0 Å². The van der Waals surface area contributed by atoms with E-state index in [-0.39, 0.29) is 40.0 Å². The fraction of sp³-hybridized carbons (Fsp3) is 0.318. The second kappa shape index (κ2) is 7.11. The van der Waals surface area contributed by atoms with E-state index < -0.39 is 5.97 Å². The first-order chi connectivity index (χ1) is 13.7. The molecule has 7 heteroatoms. The number of thiophene rings is 1. The van der Waals surface area contributed by atoms with E-state index in [2.05, 4.69) is 0 Å². The third kappa shape index (κ3) is 3.51. The number of hydrogen-bond donors (Lipinski definition) is 1. The Hall–Kier alpha value is -2.44. The van der Waals surface area contributed by atoms with Gasteiger partial charge in [-0.1, -0.05) is 31.5 Å². The number of aromatic carboxylic acids is 1. The largest absolute Gasteiger partial charge is 0.478 e. The van der Waals surface area contributed by atoms with Crippen molar-refractivity contribution in [2.24, 2.45) is 5.41 Å². The number of carbonyl (C=O) groups excluding carboxylic acids is 2. The highest BCUT2D eigenvalue weighted by atomic mass is 35.5. The van der Waals surface area contributed by atoms with Crippen molar-refractivity contribution in [3.63, 3.8) is 0 Å². The lowest BCUT2D eigenvalue weighted by Crippen LogP contribution is -2.43. The molecule has 29 heavy (non-hydrogen) atoms. The number of Topliss-reactive ketones (excluding diaryl/α,β-unsaturated/α-hetero) is 1. The monoisotopic (exact) mass is 429 g/mol. The van der Waals surface area contributed by atoms with Crippen molar-refractivity contribution in [3.05, 3.63) is 62.4 Å². The van der Waals surface area contributed by atoms with Crippen LogP contribution in [0.5, 0.6) is 0 Å². The molecule has 1 unspecified atom stereocenters. The molecular weight excluding hydrogens is 410 g/mol. The Bertz CT molecular complexity index is 1050. The summed E-state index contributed by atoms with van der Waals surface area (Å²) in [6, 6.07) is 8.40. The van der Waals surface area contributed by atoms with E-state index in [0.29, 0.717) is 29.8 Å². The second-order valence-electron chi connectivity index (χ2n) is 8.27. The first kappa shape index (κ1) is 19.9. The van der Waals surface area contributed by atoms with Gasteiger partial charge in [-0.05, 0) is 41.5 Å². The Morgan fingerprint density at radius 2 is 2.00 bits per heavy atom. The van der Waals surface area contributed by atoms with Crippen molar-refractivity contribution in [2.45, 2.75) is 39.0 Å². The van der Waals surface area contributed by atoms with E-state index in [4.69, 9.17) is 11.6 Å². The Balaban J connectivity index is 1.91. The molecule has 1 amide bonds. The maximum absolute atomic E-state index is 13.2. The van der Waals surface area contributed by atoms with Crippen LogP contribution in [-0.4, -0.2) is 22.8 Å². The van der Waals surface area contributed by atoms with Gasteiger partial charge in [0.25, 0.3) is 0 Å². The molecule has 1 aromatic heterocycles.